The zero-order valence-corrected chi connectivity index (χ0v) is 9.91. The van der Waals surface area contributed by atoms with Gasteiger partial charge in [-0.3, -0.25) is 0 Å². The Morgan fingerprint density at radius 2 is 2.12 bits per heavy atom. The van der Waals surface area contributed by atoms with Crippen LogP contribution in [0.3, 0.4) is 0 Å². The molecule has 2 atom stereocenters. The van der Waals surface area contributed by atoms with Crippen molar-refractivity contribution in [2.45, 2.75) is 26.2 Å². The molecule has 16 heavy (non-hydrogen) atoms. The maximum Gasteiger partial charge on any atom is 0.126 e. The van der Waals surface area contributed by atoms with Crippen molar-refractivity contribution in [3.63, 3.8) is 0 Å². The van der Waals surface area contributed by atoms with Gasteiger partial charge in [-0.05, 0) is 48.9 Å². The highest BCUT2D eigenvalue weighted by atomic mass is 19.1. The predicted octanol–water partition coefficient (Wildman–Crippen LogP) is 2.19. The molecule has 2 unspecified atom stereocenters. The molecule has 0 saturated heterocycles. The van der Waals surface area contributed by atoms with E-state index in [-0.39, 0.29) is 18.3 Å². The summed E-state index contributed by atoms with van der Waals surface area (Å²) in [4.78, 5) is 0. The second kappa shape index (κ2) is 5.97. The monoisotopic (exact) mass is 225 g/mol. The summed E-state index contributed by atoms with van der Waals surface area (Å²) in [5.74, 6) is 0.244. The average Bonchev–Trinajstić information content (AvgIpc) is 2.29. The smallest absolute Gasteiger partial charge is 0.126 e. The number of nitrogens with two attached hydrogens (primary N) is 1. The Labute approximate surface area is 96.3 Å². The van der Waals surface area contributed by atoms with Crippen LogP contribution in [0, 0.1) is 18.7 Å². The summed E-state index contributed by atoms with van der Waals surface area (Å²) in [6.45, 7) is 4.44. The maximum atomic E-state index is 13.1. The fourth-order valence-corrected chi connectivity index (χ4v) is 1.86. The molecule has 0 bridgehead atoms. The van der Waals surface area contributed by atoms with E-state index in [2.05, 4.69) is 6.92 Å². The summed E-state index contributed by atoms with van der Waals surface area (Å²) in [6, 6.07) is 5.17. The van der Waals surface area contributed by atoms with Crippen molar-refractivity contribution in [1.82, 2.24) is 0 Å². The SMILES string of the molecule is Cc1cc(C(C)CC(CN)CO)ccc1F. The molecule has 0 saturated carbocycles. The lowest BCUT2D eigenvalue weighted by atomic mass is 9.90. The van der Waals surface area contributed by atoms with E-state index < -0.39 is 0 Å². The van der Waals surface area contributed by atoms with E-state index in [9.17, 15) is 4.39 Å². The number of aryl methyl sites for hydroxylation is 1. The van der Waals surface area contributed by atoms with Gasteiger partial charge in [0.15, 0.2) is 0 Å². The van der Waals surface area contributed by atoms with Crippen molar-refractivity contribution >= 4 is 0 Å². The largest absolute Gasteiger partial charge is 0.396 e. The second-order valence-corrected chi connectivity index (χ2v) is 4.43. The highest BCUT2D eigenvalue weighted by Crippen LogP contribution is 2.24. The third-order valence-corrected chi connectivity index (χ3v) is 3.03. The first-order chi connectivity index (χ1) is 7.58. The molecule has 0 fully saturated rings. The van der Waals surface area contributed by atoms with Crippen LogP contribution in [0.4, 0.5) is 4.39 Å². The second-order valence-electron chi connectivity index (χ2n) is 4.43. The van der Waals surface area contributed by atoms with Crippen molar-refractivity contribution in [2.24, 2.45) is 11.7 Å². The number of rotatable bonds is 5. The van der Waals surface area contributed by atoms with Gasteiger partial charge in [0.2, 0.25) is 0 Å². The lowest BCUT2D eigenvalue weighted by Gasteiger charge is -2.18. The van der Waals surface area contributed by atoms with Crippen LogP contribution in [0.15, 0.2) is 18.2 Å². The van der Waals surface area contributed by atoms with Crippen LogP contribution in [0.5, 0.6) is 0 Å². The Morgan fingerprint density at radius 1 is 1.44 bits per heavy atom. The summed E-state index contributed by atoms with van der Waals surface area (Å²) in [5, 5.41) is 9.08. The van der Waals surface area contributed by atoms with E-state index >= 15 is 0 Å². The molecule has 1 rings (SSSR count). The van der Waals surface area contributed by atoms with Gasteiger partial charge in [-0.1, -0.05) is 19.1 Å². The summed E-state index contributed by atoms with van der Waals surface area (Å²) in [6.07, 6.45) is 0.831. The Hall–Kier alpha value is -0.930. The van der Waals surface area contributed by atoms with E-state index in [1.807, 2.05) is 6.07 Å². The highest BCUT2D eigenvalue weighted by Gasteiger charge is 2.13. The van der Waals surface area contributed by atoms with Crippen LogP contribution >= 0.6 is 0 Å². The zero-order chi connectivity index (χ0) is 12.1. The van der Waals surface area contributed by atoms with Gasteiger partial charge in [-0.25, -0.2) is 4.39 Å². The molecule has 0 radical (unpaired) electrons. The predicted molar refractivity (Wildman–Crippen MR) is 63.8 cm³/mol. The first kappa shape index (κ1) is 13.1. The molecule has 0 heterocycles. The average molecular weight is 225 g/mol. The molecule has 0 aliphatic carbocycles. The first-order valence-corrected chi connectivity index (χ1v) is 5.65. The Morgan fingerprint density at radius 3 is 2.62 bits per heavy atom. The summed E-state index contributed by atoms with van der Waals surface area (Å²) in [5.41, 5.74) is 7.31. The van der Waals surface area contributed by atoms with Crippen molar-refractivity contribution in [3.05, 3.63) is 35.1 Å². The minimum atomic E-state index is -0.173. The van der Waals surface area contributed by atoms with Gasteiger partial charge in [0.05, 0.1) is 0 Å². The molecule has 1 aromatic carbocycles. The van der Waals surface area contributed by atoms with Crippen LogP contribution < -0.4 is 5.73 Å². The molecule has 2 nitrogen and oxygen atoms in total. The van der Waals surface area contributed by atoms with Crippen LogP contribution in [0.2, 0.25) is 0 Å². The van der Waals surface area contributed by atoms with Gasteiger partial charge in [0.1, 0.15) is 5.82 Å². The summed E-state index contributed by atoms with van der Waals surface area (Å²) >= 11 is 0. The van der Waals surface area contributed by atoms with E-state index in [4.69, 9.17) is 10.8 Å². The van der Waals surface area contributed by atoms with Crippen LogP contribution in [-0.4, -0.2) is 18.3 Å². The Balaban J connectivity index is 2.72. The van der Waals surface area contributed by atoms with Gasteiger partial charge >= 0.3 is 0 Å². The maximum absolute atomic E-state index is 13.1. The van der Waals surface area contributed by atoms with Crippen LogP contribution in [0.25, 0.3) is 0 Å². The molecule has 1 aromatic rings. The molecule has 0 aliphatic rings. The number of aliphatic hydroxyl groups excluding tert-OH is 1. The minimum Gasteiger partial charge on any atom is -0.396 e. The zero-order valence-electron chi connectivity index (χ0n) is 9.91. The minimum absolute atomic E-state index is 0.112. The van der Waals surface area contributed by atoms with Gasteiger partial charge in [-0.15, -0.1) is 0 Å². The number of hydrogen-bond acceptors (Lipinski definition) is 2. The molecule has 0 amide bonds. The normalized spacial score (nSPS) is 14.8. The third kappa shape index (κ3) is 3.29. The number of benzene rings is 1. The van der Waals surface area contributed by atoms with Gasteiger partial charge in [0, 0.05) is 6.61 Å². The molecule has 3 heteroatoms. The topological polar surface area (TPSA) is 46.2 Å². The van der Waals surface area contributed by atoms with E-state index in [0.29, 0.717) is 18.0 Å². The standard InChI is InChI=1S/C13H20FNO/c1-9(5-11(7-15)8-16)12-3-4-13(14)10(2)6-12/h3-4,6,9,11,16H,5,7-8,15H2,1-2H3. The molecular weight excluding hydrogens is 205 g/mol. The Kier molecular flexibility index (Phi) is 4.90. The van der Waals surface area contributed by atoms with E-state index in [1.54, 1.807) is 13.0 Å². The number of hydrogen-bond donors (Lipinski definition) is 2. The van der Waals surface area contributed by atoms with Crippen molar-refractivity contribution in [1.29, 1.82) is 0 Å². The van der Waals surface area contributed by atoms with Gasteiger partial charge < -0.3 is 10.8 Å². The van der Waals surface area contributed by atoms with Gasteiger partial charge in [0.25, 0.3) is 0 Å². The van der Waals surface area contributed by atoms with Crippen LogP contribution in [-0.2, 0) is 0 Å². The fraction of sp³-hybridized carbons (Fsp3) is 0.538. The lowest BCUT2D eigenvalue weighted by Crippen LogP contribution is -2.20. The molecule has 0 aromatic heterocycles. The first-order valence-electron chi connectivity index (χ1n) is 5.65. The van der Waals surface area contributed by atoms with Crippen molar-refractivity contribution in [2.75, 3.05) is 13.2 Å². The third-order valence-electron chi connectivity index (χ3n) is 3.03. The molecule has 0 spiro atoms. The highest BCUT2D eigenvalue weighted by molar-refractivity contribution is 5.26. The summed E-state index contributed by atoms with van der Waals surface area (Å²) < 4.78 is 13.1. The fourth-order valence-electron chi connectivity index (χ4n) is 1.86. The molecule has 90 valence electrons. The lowest BCUT2D eigenvalue weighted by molar-refractivity contribution is 0.217. The molecular formula is C13H20FNO. The van der Waals surface area contributed by atoms with Gasteiger partial charge in [-0.2, -0.15) is 0 Å². The Bertz CT molecular complexity index is 337. The summed E-state index contributed by atoms with van der Waals surface area (Å²) in [7, 11) is 0. The number of aliphatic hydroxyl groups is 1. The molecule has 3 N–H and O–H groups in total. The number of halogens is 1. The van der Waals surface area contributed by atoms with E-state index in [1.165, 1.54) is 6.07 Å². The van der Waals surface area contributed by atoms with Crippen molar-refractivity contribution < 1.29 is 9.50 Å². The van der Waals surface area contributed by atoms with Crippen molar-refractivity contribution in [3.8, 4) is 0 Å². The quantitative estimate of drug-likeness (QED) is 0.807. The van der Waals surface area contributed by atoms with E-state index in [0.717, 1.165) is 12.0 Å². The van der Waals surface area contributed by atoms with Crippen LogP contribution in [0.1, 0.15) is 30.4 Å². The molecule has 0 aliphatic heterocycles.